The van der Waals surface area contributed by atoms with Crippen LogP contribution in [0.2, 0.25) is 0 Å². The summed E-state index contributed by atoms with van der Waals surface area (Å²) >= 11 is 0. The summed E-state index contributed by atoms with van der Waals surface area (Å²) < 4.78 is 38.1. The van der Waals surface area contributed by atoms with Crippen molar-refractivity contribution in [2.24, 2.45) is 0 Å². The number of halogens is 3. The summed E-state index contributed by atoms with van der Waals surface area (Å²) in [6.07, 6.45) is -2.48. The highest BCUT2D eigenvalue weighted by Gasteiger charge is 2.33. The maximum Gasteiger partial charge on any atom is 0.416 e. The summed E-state index contributed by atoms with van der Waals surface area (Å²) in [6.45, 7) is 0.150. The van der Waals surface area contributed by atoms with E-state index >= 15 is 0 Å². The molecule has 1 N–H and O–H groups in total. The third-order valence-electron chi connectivity index (χ3n) is 2.88. The van der Waals surface area contributed by atoms with Gasteiger partial charge in [-0.25, -0.2) is 0 Å². The van der Waals surface area contributed by atoms with Gasteiger partial charge in [0.05, 0.1) is 12.1 Å². The van der Waals surface area contributed by atoms with E-state index in [4.69, 9.17) is 0 Å². The Morgan fingerprint density at radius 2 is 1.94 bits per heavy atom. The Hall–Kier alpha value is -1.36. The molecule has 0 spiro atoms. The largest absolute Gasteiger partial charge is 0.416 e. The molecule has 0 aromatic heterocycles. The van der Waals surface area contributed by atoms with Crippen molar-refractivity contribution >= 4 is 5.78 Å². The molecule has 0 radical (unpaired) electrons. The van der Waals surface area contributed by atoms with Gasteiger partial charge in [-0.05, 0) is 24.5 Å². The molecule has 18 heavy (non-hydrogen) atoms. The molecular weight excluding hydrogens is 243 g/mol. The van der Waals surface area contributed by atoms with E-state index in [1.54, 1.807) is 0 Å². The van der Waals surface area contributed by atoms with Gasteiger partial charge in [-0.1, -0.05) is 18.2 Å². The first-order valence-electron chi connectivity index (χ1n) is 5.87. The van der Waals surface area contributed by atoms with Gasteiger partial charge < -0.3 is 5.32 Å². The molecule has 1 saturated carbocycles. The summed E-state index contributed by atoms with van der Waals surface area (Å²) in [7, 11) is 0. The number of Topliss-reactive ketones (excluding diaryl/α,β-unsaturated/α-hetero) is 1. The van der Waals surface area contributed by atoms with Gasteiger partial charge in [0, 0.05) is 12.5 Å². The molecular formula is C13H14F3NO. The van der Waals surface area contributed by atoms with Gasteiger partial charge in [-0.2, -0.15) is 13.2 Å². The fourth-order valence-corrected chi connectivity index (χ4v) is 1.77. The normalized spacial score (nSPS) is 15.7. The predicted molar refractivity (Wildman–Crippen MR) is 61.2 cm³/mol. The van der Waals surface area contributed by atoms with Crippen molar-refractivity contribution in [1.29, 1.82) is 0 Å². The first-order chi connectivity index (χ1) is 8.47. The minimum atomic E-state index is -4.40. The van der Waals surface area contributed by atoms with Crippen LogP contribution in [0.5, 0.6) is 0 Å². The molecule has 1 aliphatic carbocycles. The Kier molecular flexibility index (Phi) is 3.71. The zero-order valence-corrected chi connectivity index (χ0v) is 9.76. The number of carbonyl (C=O) groups excluding carboxylic acids is 1. The third-order valence-corrected chi connectivity index (χ3v) is 2.88. The van der Waals surface area contributed by atoms with E-state index in [1.165, 1.54) is 18.2 Å². The predicted octanol–water partition coefficient (Wildman–Crippen LogP) is 2.57. The number of hydrogen-bond acceptors (Lipinski definition) is 2. The quantitative estimate of drug-likeness (QED) is 0.878. The minimum Gasteiger partial charge on any atom is -0.307 e. The van der Waals surface area contributed by atoms with Crippen LogP contribution in [-0.4, -0.2) is 18.4 Å². The number of ketones is 1. The first-order valence-corrected chi connectivity index (χ1v) is 5.87. The maximum absolute atomic E-state index is 12.7. The fourth-order valence-electron chi connectivity index (χ4n) is 1.77. The summed E-state index contributed by atoms with van der Waals surface area (Å²) in [5.41, 5.74) is -0.669. The van der Waals surface area contributed by atoms with Crippen molar-refractivity contribution in [3.63, 3.8) is 0 Å². The van der Waals surface area contributed by atoms with E-state index in [9.17, 15) is 18.0 Å². The molecule has 0 unspecified atom stereocenters. The van der Waals surface area contributed by atoms with Gasteiger partial charge >= 0.3 is 6.18 Å². The molecule has 0 heterocycles. The summed E-state index contributed by atoms with van der Waals surface area (Å²) in [6, 6.07) is 5.60. The second kappa shape index (κ2) is 5.10. The standard InChI is InChI=1S/C13H14F3NO/c14-13(15,16)12-4-2-1-3-9(12)7-11(18)8-17-10-5-6-10/h1-4,10,17H,5-8H2. The van der Waals surface area contributed by atoms with Crippen molar-refractivity contribution in [3.05, 3.63) is 35.4 Å². The lowest BCUT2D eigenvalue weighted by molar-refractivity contribution is -0.138. The van der Waals surface area contributed by atoms with Crippen molar-refractivity contribution in [2.45, 2.75) is 31.5 Å². The second-order valence-electron chi connectivity index (χ2n) is 4.53. The number of alkyl halides is 3. The molecule has 1 fully saturated rings. The molecule has 0 aliphatic heterocycles. The Morgan fingerprint density at radius 1 is 1.28 bits per heavy atom. The van der Waals surface area contributed by atoms with Crippen LogP contribution in [0.3, 0.4) is 0 Å². The molecule has 0 atom stereocenters. The van der Waals surface area contributed by atoms with E-state index in [1.807, 2.05) is 0 Å². The number of carbonyl (C=O) groups is 1. The SMILES string of the molecule is O=C(CNC1CC1)Cc1ccccc1C(F)(F)F. The summed E-state index contributed by atoms with van der Waals surface area (Å²) in [5, 5.41) is 3.00. The first kappa shape index (κ1) is 13.1. The van der Waals surface area contributed by atoms with E-state index in [-0.39, 0.29) is 24.3 Å². The topological polar surface area (TPSA) is 29.1 Å². The highest BCUT2D eigenvalue weighted by atomic mass is 19.4. The smallest absolute Gasteiger partial charge is 0.307 e. The van der Waals surface area contributed by atoms with E-state index in [0.717, 1.165) is 18.9 Å². The fraction of sp³-hybridized carbons (Fsp3) is 0.462. The molecule has 2 rings (SSSR count). The molecule has 0 bridgehead atoms. The van der Waals surface area contributed by atoms with E-state index < -0.39 is 11.7 Å². The maximum atomic E-state index is 12.7. The van der Waals surface area contributed by atoms with Crippen LogP contribution in [0.4, 0.5) is 13.2 Å². The van der Waals surface area contributed by atoms with Crippen molar-refractivity contribution in [2.75, 3.05) is 6.54 Å². The van der Waals surface area contributed by atoms with Gasteiger partial charge in [-0.3, -0.25) is 4.79 Å². The Morgan fingerprint density at radius 3 is 2.56 bits per heavy atom. The van der Waals surface area contributed by atoms with Crippen LogP contribution in [-0.2, 0) is 17.4 Å². The summed E-state index contributed by atoms with van der Waals surface area (Å²) in [5.74, 6) is -0.210. The van der Waals surface area contributed by atoms with Crippen LogP contribution in [0, 0.1) is 0 Å². The van der Waals surface area contributed by atoms with Gasteiger partial charge in [0.1, 0.15) is 0 Å². The second-order valence-corrected chi connectivity index (χ2v) is 4.53. The molecule has 5 heteroatoms. The monoisotopic (exact) mass is 257 g/mol. The van der Waals surface area contributed by atoms with Crippen molar-refractivity contribution in [1.82, 2.24) is 5.32 Å². The molecule has 0 amide bonds. The lowest BCUT2D eigenvalue weighted by atomic mass is 10.0. The molecule has 0 saturated heterocycles. The van der Waals surface area contributed by atoms with Gasteiger partial charge in [0.25, 0.3) is 0 Å². The van der Waals surface area contributed by atoms with E-state index in [0.29, 0.717) is 6.04 Å². The lowest BCUT2D eigenvalue weighted by Gasteiger charge is -2.12. The van der Waals surface area contributed by atoms with Crippen molar-refractivity contribution in [3.8, 4) is 0 Å². The summed E-state index contributed by atoms with van der Waals surface area (Å²) in [4.78, 5) is 11.6. The lowest BCUT2D eigenvalue weighted by Crippen LogP contribution is -2.26. The van der Waals surface area contributed by atoms with E-state index in [2.05, 4.69) is 5.32 Å². The number of nitrogens with one attached hydrogen (secondary N) is 1. The molecule has 1 aliphatic rings. The Bertz CT molecular complexity index is 438. The zero-order valence-electron chi connectivity index (χ0n) is 9.76. The van der Waals surface area contributed by atoms with Crippen molar-refractivity contribution < 1.29 is 18.0 Å². The molecule has 98 valence electrons. The average molecular weight is 257 g/mol. The molecule has 1 aromatic carbocycles. The molecule has 1 aromatic rings. The third kappa shape index (κ3) is 3.57. The van der Waals surface area contributed by atoms with Gasteiger partial charge in [0.2, 0.25) is 0 Å². The van der Waals surface area contributed by atoms with Crippen LogP contribution < -0.4 is 5.32 Å². The highest BCUT2D eigenvalue weighted by Crippen LogP contribution is 2.32. The number of hydrogen-bond donors (Lipinski definition) is 1. The van der Waals surface area contributed by atoms with Gasteiger partial charge in [-0.15, -0.1) is 0 Å². The Balaban J connectivity index is 2.01. The molecule has 2 nitrogen and oxygen atoms in total. The average Bonchev–Trinajstić information content (AvgIpc) is 3.09. The van der Waals surface area contributed by atoms with Crippen LogP contribution in [0.15, 0.2) is 24.3 Å². The van der Waals surface area contributed by atoms with Crippen LogP contribution >= 0.6 is 0 Å². The Labute approximate surface area is 103 Å². The van der Waals surface area contributed by atoms with Crippen LogP contribution in [0.25, 0.3) is 0 Å². The zero-order chi connectivity index (χ0) is 13.2. The minimum absolute atomic E-state index is 0.0487. The highest BCUT2D eigenvalue weighted by molar-refractivity contribution is 5.83. The number of rotatable bonds is 5. The van der Waals surface area contributed by atoms with Gasteiger partial charge in [0.15, 0.2) is 5.78 Å². The number of benzene rings is 1. The van der Waals surface area contributed by atoms with Crippen LogP contribution in [0.1, 0.15) is 24.0 Å².